The monoisotopic (exact) mass is 243 g/mol. The summed E-state index contributed by atoms with van der Waals surface area (Å²) in [6, 6.07) is 5.79. The third-order valence-electron chi connectivity index (χ3n) is 3.48. The minimum absolute atomic E-state index is 0.386. The maximum absolute atomic E-state index is 10.6. The predicted octanol–water partition coefficient (Wildman–Crippen LogP) is 3.07. The van der Waals surface area contributed by atoms with Crippen LogP contribution in [-0.2, 0) is 10.3 Å². The predicted molar refractivity (Wildman–Crippen MR) is 66.5 cm³/mol. The number of fused-ring (bicyclic) bond motifs is 1. The highest BCUT2D eigenvalue weighted by atomic mass is 16.5. The summed E-state index contributed by atoms with van der Waals surface area (Å²) in [7, 11) is 1.61. The Labute approximate surface area is 104 Å². The number of aliphatic imine (C=N–C) groups is 1. The molecule has 18 heavy (non-hydrogen) atoms. The molecule has 1 aromatic carbocycles. The van der Waals surface area contributed by atoms with Crippen LogP contribution in [0.5, 0.6) is 5.75 Å². The molecule has 0 spiro atoms. The Kier molecular flexibility index (Phi) is 2.28. The number of ether oxygens (including phenoxy) is 1. The third kappa shape index (κ3) is 1.46. The van der Waals surface area contributed by atoms with E-state index in [0.29, 0.717) is 5.75 Å². The SMILES string of the molecule is COc1ccc(C2(N=C=O)CC2)c2cc(C)oc12. The van der Waals surface area contributed by atoms with E-state index in [1.807, 2.05) is 25.1 Å². The van der Waals surface area contributed by atoms with Gasteiger partial charge in [-0.05, 0) is 37.5 Å². The van der Waals surface area contributed by atoms with E-state index < -0.39 is 0 Å². The van der Waals surface area contributed by atoms with E-state index in [4.69, 9.17) is 9.15 Å². The van der Waals surface area contributed by atoms with Crippen LogP contribution in [0.15, 0.2) is 27.6 Å². The average molecular weight is 243 g/mol. The van der Waals surface area contributed by atoms with Gasteiger partial charge >= 0.3 is 0 Å². The summed E-state index contributed by atoms with van der Waals surface area (Å²) in [5.41, 5.74) is 1.36. The molecule has 0 unspecified atom stereocenters. The molecule has 1 aliphatic rings. The van der Waals surface area contributed by atoms with E-state index in [2.05, 4.69) is 4.99 Å². The Morgan fingerprint density at radius 3 is 2.83 bits per heavy atom. The van der Waals surface area contributed by atoms with Crippen molar-refractivity contribution in [2.45, 2.75) is 25.3 Å². The quantitative estimate of drug-likeness (QED) is 0.615. The molecule has 4 heteroatoms. The van der Waals surface area contributed by atoms with Crippen molar-refractivity contribution < 1.29 is 13.9 Å². The maximum atomic E-state index is 10.6. The molecule has 1 fully saturated rings. The minimum atomic E-state index is -0.386. The highest BCUT2D eigenvalue weighted by Gasteiger charge is 2.46. The van der Waals surface area contributed by atoms with Crippen LogP contribution >= 0.6 is 0 Å². The molecule has 2 aromatic rings. The third-order valence-corrected chi connectivity index (χ3v) is 3.48. The van der Waals surface area contributed by atoms with Gasteiger partial charge in [0.05, 0.1) is 12.6 Å². The Balaban J connectivity index is 2.28. The lowest BCUT2D eigenvalue weighted by Crippen LogP contribution is -2.02. The highest BCUT2D eigenvalue weighted by molar-refractivity contribution is 5.88. The lowest BCUT2D eigenvalue weighted by molar-refractivity contribution is 0.408. The van der Waals surface area contributed by atoms with Crippen molar-refractivity contribution in [2.75, 3.05) is 7.11 Å². The van der Waals surface area contributed by atoms with E-state index in [1.54, 1.807) is 13.2 Å². The first-order chi connectivity index (χ1) is 8.70. The topological polar surface area (TPSA) is 51.8 Å². The van der Waals surface area contributed by atoms with Crippen molar-refractivity contribution in [1.29, 1.82) is 0 Å². The van der Waals surface area contributed by atoms with Gasteiger partial charge in [0, 0.05) is 5.39 Å². The van der Waals surface area contributed by atoms with Gasteiger partial charge in [-0.3, -0.25) is 0 Å². The first kappa shape index (κ1) is 11.1. The summed E-state index contributed by atoms with van der Waals surface area (Å²) in [6.07, 6.45) is 3.45. The number of isocyanates is 1. The number of aryl methyl sites for hydroxylation is 1. The number of benzene rings is 1. The molecular formula is C14H13NO3. The number of methoxy groups -OCH3 is 1. The van der Waals surface area contributed by atoms with Crippen molar-refractivity contribution in [2.24, 2.45) is 4.99 Å². The summed E-state index contributed by atoms with van der Waals surface area (Å²) in [6.45, 7) is 1.89. The number of carbonyl (C=O) groups excluding carboxylic acids is 1. The molecule has 1 aliphatic carbocycles. The Morgan fingerprint density at radius 1 is 1.44 bits per heavy atom. The highest BCUT2D eigenvalue weighted by Crippen LogP contribution is 2.52. The van der Waals surface area contributed by atoms with E-state index in [1.165, 1.54) is 0 Å². The van der Waals surface area contributed by atoms with E-state index in [-0.39, 0.29) is 5.54 Å². The van der Waals surface area contributed by atoms with Gasteiger partial charge in [-0.15, -0.1) is 0 Å². The zero-order valence-electron chi connectivity index (χ0n) is 10.3. The Bertz CT molecular complexity index is 661. The summed E-state index contributed by atoms with van der Waals surface area (Å²) < 4.78 is 11.0. The molecule has 0 aliphatic heterocycles. The summed E-state index contributed by atoms with van der Waals surface area (Å²) in [4.78, 5) is 14.5. The fourth-order valence-corrected chi connectivity index (χ4v) is 2.44. The molecule has 3 rings (SSSR count). The maximum Gasteiger partial charge on any atom is 0.235 e. The number of hydrogen-bond donors (Lipinski definition) is 0. The molecule has 0 bridgehead atoms. The van der Waals surface area contributed by atoms with Gasteiger partial charge in [0.1, 0.15) is 5.76 Å². The van der Waals surface area contributed by atoms with Gasteiger partial charge in [-0.25, -0.2) is 4.79 Å². The van der Waals surface area contributed by atoms with Gasteiger partial charge in [0.25, 0.3) is 0 Å². The molecule has 1 aromatic heterocycles. The zero-order valence-corrected chi connectivity index (χ0v) is 10.3. The lowest BCUT2D eigenvalue weighted by atomic mass is 10.0. The van der Waals surface area contributed by atoms with Gasteiger partial charge in [0.15, 0.2) is 11.3 Å². The fourth-order valence-electron chi connectivity index (χ4n) is 2.44. The van der Waals surface area contributed by atoms with Crippen LogP contribution < -0.4 is 4.74 Å². The van der Waals surface area contributed by atoms with Crippen molar-refractivity contribution in [1.82, 2.24) is 0 Å². The number of furan rings is 1. The lowest BCUT2D eigenvalue weighted by Gasteiger charge is -2.10. The van der Waals surface area contributed by atoms with Crippen LogP contribution in [0.2, 0.25) is 0 Å². The first-order valence-electron chi connectivity index (χ1n) is 5.87. The van der Waals surface area contributed by atoms with E-state index >= 15 is 0 Å². The largest absolute Gasteiger partial charge is 0.493 e. The molecule has 1 saturated carbocycles. The van der Waals surface area contributed by atoms with Gasteiger partial charge < -0.3 is 9.15 Å². The van der Waals surface area contributed by atoms with Crippen molar-refractivity contribution in [3.8, 4) is 5.75 Å². The smallest absolute Gasteiger partial charge is 0.235 e. The molecule has 0 atom stereocenters. The Morgan fingerprint density at radius 2 is 2.22 bits per heavy atom. The second kappa shape index (κ2) is 3.72. The number of nitrogens with zero attached hydrogens (tertiary/aromatic N) is 1. The fraction of sp³-hybridized carbons (Fsp3) is 0.357. The Hall–Kier alpha value is -2.06. The molecule has 4 nitrogen and oxygen atoms in total. The number of hydrogen-bond acceptors (Lipinski definition) is 4. The summed E-state index contributed by atoms with van der Waals surface area (Å²) in [5.74, 6) is 1.52. The van der Waals surface area contributed by atoms with E-state index in [9.17, 15) is 4.79 Å². The van der Waals surface area contributed by atoms with Crippen LogP contribution in [0.25, 0.3) is 11.0 Å². The molecule has 0 N–H and O–H groups in total. The average Bonchev–Trinajstić information content (AvgIpc) is 3.02. The molecule has 0 amide bonds. The standard InChI is InChI=1S/C14H13NO3/c1-9-7-10-11(14(5-6-14)15-8-16)3-4-12(17-2)13(10)18-9/h3-4,7H,5-6H2,1-2H3. The van der Waals surface area contributed by atoms with Crippen molar-refractivity contribution in [3.05, 3.63) is 29.5 Å². The van der Waals surface area contributed by atoms with E-state index in [0.717, 1.165) is 35.1 Å². The second-order valence-corrected chi connectivity index (χ2v) is 4.65. The van der Waals surface area contributed by atoms with Gasteiger partial charge in [-0.2, -0.15) is 4.99 Å². The van der Waals surface area contributed by atoms with Gasteiger partial charge in [-0.1, -0.05) is 6.07 Å². The molecule has 0 radical (unpaired) electrons. The van der Waals surface area contributed by atoms with Gasteiger partial charge in [0.2, 0.25) is 6.08 Å². The van der Waals surface area contributed by atoms with Crippen molar-refractivity contribution in [3.63, 3.8) is 0 Å². The number of rotatable bonds is 3. The van der Waals surface area contributed by atoms with Crippen LogP contribution in [0, 0.1) is 6.92 Å². The van der Waals surface area contributed by atoms with Crippen LogP contribution in [-0.4, -0.2) is 13.2 Å². The van der Waals surface area contributed by atoms with Crippen molar-refractivity contribution >= 4 is 17.0 Å². The summed E-state index contributed by atoms with van der Waals surface area (Å²) in [5, 5.41) is 0.975. The zero-order chi connectivity index (χ0) is 12.8. The molecule has 0 saturated heterocycles. The van der Waals surface area contributed by atoms with Crippen LogP contribution in [0.3, 0.4) is 0 Å². The first-order valence-corrected chi connectivity index (χ1v) is 5.87. The normalized spacial score (nSPS) is 16.3. The minimum Gasteiger partial charge on any atom is -0.493 e. The van der Waals surface area contributed by atoms with Crippen LogP contribution in [0.1, 0.15) is 24.2 Å². The second-order valence-electron chi connectivity index (χ2n) is 4.65. The van der Waals surface area contributed by atoms with Crippen LogP contribution in [0.4, 0.5) is 0 Å². The molecule has 92 valence electrons. The summed E-state index contributed by atoms with van der Waals surface area (Å²) >= 11 is 0. The molecule has 1 heterocycles. The molecular weight excluding hydrogens is 230 g/mol.